The van der Waals surface area contributed by atoms with Gasteiger partial charge in [-0.2, -0.15) is 5.10 Å². The SMILES string of the molecule is COc1cccc(F)c1CN1C[C@H](NC(=O)c2ccc3[nH]nc(C(/C=C(/C)N)=C/N)c3c2)CC[C@H]1C(=O)N1CC(O[Si](C)(C)C(C)(C)C)CO1. The number of allylic oxidation sites excluding steroid dienone is 3. The van der Waals surface area contributed by atoms with Crippen LogP contribution in [0.1, 0.15) is 62.2 Å². The molecule has 5 rings (SSSR count). The van der Waals surface area contributed by atoms with Crippen LogP contribution in [0.2, 0.25) is 18.1 Å². The maximum absolute atomic E-state index is 15.2. The van der Waals surface area contributed by atoms with Gasteiger partial charge in [-0.05, 0) is 74.3 Å². The first-order chi connectivity index (χ1) is 23.6. The van der Waals surface area contributed by atoms with Crippen LogP contribution < -0.4 is 21.5 Å². The van der Waals surface area contributed by atoms with E-state index in [9.17, 15) is 9.59 Å². The second-order valence-electron chi connectivity index (χ2n) is 14.7. The van der Waals surface area contributed by atoms with E-state index in [4.69, 9.17) is 25.5 Å². The standard InChI is InChI=1S/C36H50FN7O5Si/c1-22(39)15-24(17-38)33-27-16-23(11-13-30(27)41-42-33)34(45)40-25-12-14-31(43(18-25)20-28-29(37)9-8-10-32(28)47-5)35(46)44-19-26(21-48-44)49-50(6,7)36(2,3)4/h8-11,13,15-17,25-26,31H,12,14,18-21,38-39H2,1-7H3,(H,40,45)(H,41,42)/b22-15-,24-17+/t25-,26?,31+/m1/s1. The summed E-state index contributed by atoms with van der Waals surface area (Å²) in [5.41, 5.74) is 15.0. The molecule has 14 heteroatoms. The number of carbonyl (C=O) groups is 2. The number of benzene rings is 2. The predicted molar refractivity (Wildman–Crippen MR) is 194 cm³/mol. The largest absolute Gasteiger partial charge is 0.496 e. The molecule has 2 fully saturated rings. The summed E-state index contributed by atoms with van der Waals surface area (Å²) in [6.45, 7) is 13.6. The fourth-order valence-electron chi connectivity index (χ4n) is 6.23. The van der Waals surface area contributed by atoms with Gasteiger partial charge >= 0.3 is 0 Å². The van der Waals surface area contributed by atoms with Gasteiger partial charge in [-0.25, -0.2) is 9.45 Å². The monoisotopic (exact) mass is 707 g/mol. The normalized spacial score (nSPS) is 21.1. The molecule has 1 unspecified atom stereocenters. The fourth-order valence-corrected chi connectivity index (χ4v) is 7.56. The highest BCUT2D eigenvalue weighted by Gasteiger charge is 2.44. The number of aromatic amines is 1. The molecule has 2 saturated heterocycles. The maximum Gasteiger partial charge on any atom is 0.263 e. The van der Waals surface area contributed by atoms with Crippen molar-refractivity contribution >= 4 is 36.6 Å². The van der Waals surface area contributed by atoms with Gasteiger partial charge in [0.05, 0.1) is 31.3 Å². The minimum absolute atomic E-state index is 0.0147. The van der Waals surface area contributed by atoms with Crippen molar-refractivity contribution in [2.24, 2.45) is 11.5 Å². The molecule has 50 heavy (non-hydrogen) atoms. The number of fused-ring (bicyclic) bond motifs is 1. The number of nitrogens with zero attached hydrogens (tertiary/aromatic N) is 3. The Kier molecular flexibility index (Phi) is 11.1. The molecule has 0 aliphatic carbocycles. The third kappa shape index (κ3) is 8.04. The lowest BCUT2D eigenvalue weighted by Gasteiger charge is -2.40. The number of halogens is 1. The molecule has 2 aliphatic heterocycles. The van der Waals surface area contributed by atoms with Gasteiger partial charge in [0.15, 0.2) is 8.32 Å². The van der Waals surface area contributed by atoms with Crippen molar-refractivity contribution < 1.29 is 28.0 Å². The summed E-state index contributed by atoms with van der Waals surface area (Å²) >= 11 is 0. The van der Waals surface area contributed by atoms with Crippen LogP contribution in [0.15, 0.2) is 54.4 Å². The molecule has 3 aromatic rings. The molecule has 2 aliphatic rings. The second kappa shape index (κ2) is 14.9. The first-order valence-corrected chi connectivity index (χ1v) is 19.8. The van der Waals surface area contributed by atoms with Crippen LogP contribution in [0, 0.1) is 5.82 Å². The van der Waals surface area contributed by atoms with E-state index >= 15 is 4.39 Å². The van der Waals surface area contributed by atoms with Gasteiger partial charge < -0.3 is 25.9 Å². The predicted octanol–water partition coefficient (Wildman–Crippen LogP) is 4.80. The number of methoxy groups -OCH3 is 1. The van der Waals surface area contributed by atoms with Crippen LogP contribution >= 0.6 is 0 Å². The van der Waals surface area contributed by atoms with E-state index in [0.29, 0.717) is 59.8 Å². The number of piperidine rings is 1. The first-order valence-electron chi connectivity index (χ1n) is 16.9. The summed E-state index contributed by atoms with van der Waals surface area (Å²) in [7, 11) is -0.593. The van der Waals surface area contributed by atoms with E-state index in [1.54, 1.807) is 43.3 Å². The number of H-pyrrole nitrogens is 1. The Balaban J connectivity index is 1.35. The molecule has 6 N–H and O–H groups in total. The van der Waals surface area contributed by atoms with Crippen LogP contribution in [-0.4, -0.2) is 85.3 Å². The second-order valence-corrected chi connectivity index (χ2v) is 19.4. The van der Waals surface area contributed by atoms with E-state index in [-0.39, 0.29) is 42.2 Å². The van der Waals surface area contributed by atoms with E-state index < -0.39 is 20.2 Å². The van der Waals surface area contributed by atoms with Crippen LogP contribution in [0.5, 0.6) is 5.75 Å². The molecule has 0 bridgehead atoms. The number of ether oxygens (including phenoxy) is 1. The Hall–Kier alpha value is -4.24. The summed E-state index contributed by atoms with van der Waals surface area (Å²) in [4.78, 5) is 35.5. The van der Waals surface area contributed by atoms with Crippen molar-refractivity contribution in [1.29, 1.82) is 0 Å². The molecular weight excluding hydrogens is 658 g/mol. The number of amides is 2. The molecule has 3 atom stereocenters. The number of rotatable bonds is 10. The Morgan fingerprint density at radius 3 is 2.64 bits per heavy atom. The van der Waals surface area contributed by atoms with E-state index in [2.05, 4.69) is 49.4 Å². The highest BCUT2D eigenvalue weighted by molar-refractivity contribution is 6.74. The molecule has 0 spiro atoms. The van der Waals surface area contributed by atoms with Gasteiger partial charge in [0.2, 0.25) is 0 Å². The Morgan fingerprint density at radius 2 is 1.96 bits per heavy atom. The Bertz CT molecular complexity index is 1780. The average Bonchev–Trinajstić information content (AvgIpc) is 3.70. The van der Waals surface area contributed by atoms with Gasteiger partial charge in [0, 0.05) is 53.1 Å². The zero-order valence-electron chi connectivity index (χ0n) is 30.0. The molecular formula is C36H50FN7O5Si. The number of hydrogen-bond acceptors (Lipinski definition) is 9. The fraction of sp³-hybridized carbons (Fsp3) is 0.472. The molecule has 0 saturated carbocycles. The van der Waals surface area contributed by atoms with Crippen molar-refractivity contribution in [1.82, 2.24) is 25.5 Å². The van der Waals surface area contributed by atoms with Crippen LogP contribution in [-0.2, 0) is 20.6 Å². The highest BCUT2D eigenvalue weighted by Crippen LogP contribution is 2.38. The summed E-state index contributed by atoms with van der Waals surface area (Å²) < 4.78 is 27.2. The zero-order chi connectivity index (χ0) is 36.4. The number of likely N-dealkylation sites (tertiary alicyclic amines) is 1. The first kappa shape index (κ1) is 37.0. The molecule has 1 aromatic heterocycles. The third-order valence-corrected chi connectivity index (χ3v) is 14.5. The molecule has 2 aromatic carbocycles. The number of aromatic nitrogens is 2. The Labute approximate surface area is 294 Å². The van der Waals surface area contributed by atoms with Crippen molar-refractivity contribution in [2.45, 2.75) is 83.4 Å². The van der Waals surface area contributed by atoms with Crippen molar-refractivity contribution in [3.63, 3.8) is 0 Å². The van der Waals surface area contributed by atoms with E-state index in [1.807, 2.05) is 4.90 Å². The lowest BCUT2D eigenvalue weighted by Crippen LogP contribution is -2.56. The van der Waals surface area contributed by atoms with Crippen molar-refractivity contribution in [3.05, 3.63) is 77.0 Å². The minimum Gasteiger partial charge on any atom is -0.496 e. The molecule has 12 nitrogen and oxygen atoms in total. The van der Waals surface area contributed by atoms with E-state index in [0.717, 1.165) is 10.9 Å². The van der Waals surface area contributed by atoms with Crippen LogP contribution in [0.4, 0.5) is 4.39 Å². The molecule has 0 radical (unpaired) electrons. The lowest BCUT2D eigenvalue weighted by molar-refractivity contribution is -0.176. The molecule has 270 valence electrons. The number of nitrogens with one attached hydrogen (secondary N) is 2. The highest BCUT2D eigenvalue weighted by atomic mass is 28.4. The van der Waals surface area contributed by atoms with E-state index in [1.165, 1.54) is 24.4 Å². The smallest absolute Gasteiger partial charge is 0.263 e. The summed E-state index contributed by atoms with van der Waals surface area (Å²) in [5.74, 6) is -0.543. The van der Waals surface area contributed by atoms with Crippen molar-refractivity contribution in [2.75, 3.05) is 26.8 Å². The van der Waals surface area contributed by atoms with Gasteiger partial charge in [0.1, 0.15) is 23.9 Å². The quantitative estimate of drug-likeness (QED) is 0.171. The van der Waals surface area contributed by atoms with Gasteiger partial charge in [-0.3, -0.25) is 24.4 Å². The third-order valence-electron chi connectivity index (χ3n) is 9.92. The minimum atomic E-state index is -2.08. The zero-order valence-corrected chi connectivity index (χ0v) is 31.0. The summed E-state index contributed by atoms with van der Waals surface area (Å²) in [6.07, 6.45) is 3.87. The lowest BCUT2D eigenvalue weighted by atomic mass is 9.95. The van der Waals surface area contributed by atoms with Crippen molar-refractivity contribution in [3.8, 4) is 5.75 Å². The van der Waals surface area contributed by atoms with Gasteiger partial charge in [-0.15, -0.1) is 0 Å². The molecule has 3 heterocycles. The van der Waals surface area contributed by atoms with Crippen LogP contribution in [0.25, 0.3) is 16.5 Å². The van der Waals surface area contributed by atoms with Gasteiger partial charge in [0.25, 0.3) is 11.8 Å². The van der Waals surface area contributed by atoms with Gasteiger partial charge in [-0.1, -0.05) is 26.8 Å². The maximum atomic E-state index is 15.2. The number of hydroxylamine groups is 2. The summed E-state index contributed by atoms with van der Waals surface area (Å²) in [6, 6.07) is 9.00. The average molecular weight is 708 g/mol. The van der Waals surface area contributed by atoms with Crippen LogP contribution in [0.3, 0.4) is 0 Å². The molecule has 2 amide bonds. The number of nitrogens with two attached hydrogens (primary N) is 2. The topological polar surface area (TPSA) is 161 Å². The summed E-state index contributed by atoms with van der Waals surface area (Å²) in [5, 5.41) is 12.6. The Morgan fingerprint density at radius 1 is 1.20 bits per heavy atom. The number of hydrogen-bond donors (Lipinski definition) is 4. The number of carbonyl (C=O) groups excluding carboxylic acids is 2.